The number of fused-ring (bicyclic) bond motifs is 1. The molecule has 1 fully saturated rings. The van der Waals surface area contributed by atoms with Gasteiger partial charge in [-0.3, -0.25) is 4.79 Å². The number of carbonyl (C=O) groups excluding carboxylic acids is 1. The van der Waals surface area contributed by atoms with Gasteiger partial charge in [0.1, 0.15) is 5.69 Å². The molecule has 4 heterocycles. The van der Waals surface area contributed by atoms with Gasteiger partial charge in [0.15, 0.2) is 10.9 Å². The predicted octanol–water partition coefficient (Wildman–Crippen LogP) is 4.40. The third-order valence-electron chi connectivity index (χ3n) is 5.69. The van der Waals surface area contributed by atoms with Gasteiger partial charge >= 0.3 is 0 Å². The summed E-state index contributed by atoms with van der Waals surface area (Å²) >= 11 is 3.32. The molecule has 1 aliphatic carbocycles. The smallest absolute Gasteiger partial charge is 0.229 e. The van der Waals surface area contributed by atoms with Crippen molar-refractivity contribution in [3.63, 3.8) is 0 Å². The summed E-state index contributed by atoms with van der Waals surface area (Å²) in [4.78, 5) is 22.0. The Balaban J connectivity index is 1.17. The molecule has 0 bridgehead atoms. The Morgan fingerprint density at radius 2 is 1.97 bits per heavy atom. The summed E-state index contributed by atoms with van der Waals surface area (Å²) in [5.74, 6) is 1.03. The second kappa shape index (κ2) is 8.20. The third-order valence-corrected chi connectivity index (χ3v) is 7.65. The van der Waals surface area contributed by atoms with Crippen molar-refractivity contribution >= 4 is 39.5 Å². The zero-order chi connectivity index (χ0) is 19.6. The molecule has 5 rings (SSSR count). The molecule has 0 atom stereocenters. The molecular weight excluding hydrogens is 402 g/mol. The van der Waals surface area contributed by atoms with Gasteiger partial charge in [0, 0.05) is 23.9 Å². The van der Waals surface area contributed by atoms with Gasteiger partial charge in [-0.2, -0.15) is 0 Å². The van der Waals surface area contributed by atoms with Crippen LogP contribution in [0.5, 0.6) is 0 Å². The minimum Gasteiger partial charge on any atom is -0.355 e. The molecule has 29 heavy (non-hydrogen) atoms. The van der Waals surface area contributed by atoms with E-state index in [4.69, 9.17) is 0 Å². The summed E-state index contributed by atoms with van der Waals surface area (Å²) in [6.45, 7) is 1.64. The highest BCUT2D eigenvalue weighted by Crippen LogP contribution is 2.31. The number of rotatable bonds is 4. The van der Waals surface area contributed by atoms with Gasteiger partial charge in [0.25, 0.3) is 0 Å². The number of piperidine rings is 1. The first-order valence-electron chi connectivity index (χ1n) is 10.2. The van der Waals surface area contributed by atoms with E-state index in [1.807, 2.05) is 23.6 Å². The maximum absolute atomic E-state index is 12.7. The number of thiazole rings is 1. The van der Waals surface area contributed by atoms with Crippen LogP contribution in [0.25, 0.3) is 10.6 Å². The van der Waals surface area contributed by atoms with Crippen molar-refractivity contribution in [2.45, 2.75) is 38.5 Å². The van der Waals surface area contributed by atoms with Crippen LogP contribution >= 0.6 is 22.7 Å². The molecule has 8 heteroatoms. The monoisotopic (exact) mass is 425 g/mol. The maximum atomic E-state index is 12.7. The number of carbonyl (C=O) groups is 1. The van der Waals surface area contributed by atoms with Gasteiger partial charge < -0.3 is 10.2 Å². The Labute approximate surface area is 178 Å². The van der Waals surface area contributed by atoms with Crippen LogP contribution in [-0.4, -0.2) is 34.2 Å². The number of thiophene rings is 1. The summed E-state index contributed by atoms with van der Waals surface area (Å²) in [7, 11) is 0. The van der Waals surface area contributed by atoms with Crippen LogP contribution in [0.15, 0.2) is 29.6 Å². The molecule has 0 spiro atoms. The van der Waals surface area contributed by atoms with Gasteiger partial charge in [-0.1, -0.05) is 6.07 Å². The highest BCUT2D eigenvalue weighted by Gasteiger charge is 2.27. The topological polar surface area (TPSA) is 71.0 Å². The van der Waals surface area contributed by atoms with Crippen LogP contribution in [0.2, 0.25) is 0 Å². The Hall–Kier alpha value is -2.32. The summed E-state index contributed by atoms with van der Waals surface area (Å²) < 4.78 is 0. The minimum absolute atomic E-state index is 0.0329. The van der Waals surface area contributed by atoms with Gasteiger partial charge in [0.05, 0.1) is 10.6 Å². The lowest BCUT2D eigenvalue weighted by atomic mass is 9.96. The molecule has 1 amide bonds. The molecule has 2 aliphatic rings. The fraction of sp³-hybridized carbons (Fsp3) is 0.429. The van der Waals surface area contributed by atoms with E-state index < -0.39 is 0 Å². The number of nitrogens with zero attached hydrogens (tertiary/aromatic N) is 4. The van der Waals surface area contributed by atoms with Crippen LogP contribution in [-0.2, 0) is 17.6 Å². The molecule has 3 aromatic heterocycles. The first-order chi connectivity index (χ1) is 14.3. The molecule has 0 unspecified atom stereocenters. The molecule has 3 aromatic rings. The second-order valence-electron chi connectivity index (χ2n) is 7.60. The Bertz CT molecular complexity index is 952. The standard InChI is InChI=1S/C21H23N5OS2/c27-20(23-21-22-15-4-1-2-5-18(15)29-21)14-9-11-26(12-10-14)19-8-7-16(24-25-19)17-6-3-13-28-17/h3,6-8,13-14H,1-2,4-5,9-12H2,(H,22,23,27). The van der Waals surface area contributed by atoms with Gasteiger partial charge in [0.2, 0.25) is 5.91 Å². The second-order valence-corrected chi connectivity index (χ2v) is 9.63. The fourth-order valence-corrected chi connectivity index (χ4v) is 5.78. The number of amides is 1. The number of nitrogens with one attached hydrogen (secondary N) is 1. The van der Waals surface area contributed by atoms with Gasteiger partial charge in [-0.25, -0.2) is 4.98 Å². The highest BCUT2D eigenvalue weighted by molar-refractivity contribution is 7.15. The third kappa shape index (κ3) is 4.04. The average Bonchev–Trinajstić information content (AvgIpc) is 3.43. The van der Waals surface area contributed by atoms with Crippen LogP contribution in [0.4, 0.5) is 10.9 Å². The van der Waals surface area contributed by atoms with Gasteiger partial charge in [-0.05, 0) is 62.1 Å². The van der Waals surface area contributed by atoms with E-state index in [1.54, 1.807) is 22.7 Å². The number of aryl methyl sites for hydroxylation is 2. The zero-order valence-electron chi connectivity index (χ0n) is 16.1. The van der Waals surface area contributed by atoms with Crippen molar-refractivity contribution in [2.24, 2.45) is 5.92 Å². The summed E-state index contributed by atoms with van der Waals surface area (Å²) in [6.07, 6.45) is 6.24. The molecule has 1 saturated heterocycles. The van der Waals surface area contributed by atoms with E-state index in [0.29, 0.717) is 0 Å². The molecule has 1 N–H and O–H groups in total. The van der Waals surface area contributed by atoms with Crippen LogP contribution in [0, 0.1) is 5.92 Å². The largest absolute Gasteiger partial charge is 0.355 e. The lowest BCUT2D eigenvalue weighted by Gasteiger charge is -2.31. The quantitative estimate of drug-likeness (QED) is 0.671. The van der Waals surface area contributed by atoms with Crippen LogP contribution in [0.3, 0.4) is 0 Å². The number of aromatic nitrogens is 3. The predicted molar refractivity (Wildman–Crippen MR) is 118 cm³/mol. The van der Waals surface area contributed by atoms with E-state index >= 15 is 0 Å². The lowest BCUT2D eigenvalue weighted by Crippen LogP contribution is -2.38. The summed E-state index contributed by atoms with van der Waals surface area (Å²) in [6, 6.07) is 8.13. The maximum Gasteiger partial charge on any atom is 0.229 e. The van der Waals surface area contributed by atoms with E-state index in [0.717, 1.165) is 60.3 Å². The van der Waals surface area contributed by atoms with Crippen LogP contribution in [0.1, 0.15) is 36.3 Å². The van der Waals surface area contributed by atoms with Crippen molar-refractivity contribution in [3.8, 4) is 10.6 Å². The molecular formula is C21H23N5OS2. The first-order valence-corrected chi connectivity index (χ1v) is 11.9. The molecule has 1 aliphatic heterocycles. The SMILES string of the molecule is O=C(Nc1nc2c(s1)CCCC2)C1CCN(c2ccc(-c3cccs3)nn2)CC1. The summed E-state index contributed by atoms with van der Waals surface area (Å²) in [5, 5.41) is 14.7. The number of hydrogen-bond acceptors (Lipinski definition) is 7. The molecule has 150 valence electrons. The molecule has 6 nitrogen and oxygen atoms in total. The van der Waals surface area contributed by atoms with Crippen molar-refractivity contribution in [3.05, 3.63) is 40.2 Å². The lowest BCUT2D eigenvalue weighted by molar-refractivity contribution is -0.120. The van der Waals surface area contributed by atoms with Crippen molar-refractivity contribution in [2.75, 3.05) is 23.3 Å². The van der Waals surface area contributed by atoms with E-state index in [2.05, 4.69) is 31.5 Å². The number of anilines is 2. The van der Waals surface area contributed by atoms with Crippen molar-refractivity contribution in [1.29, 1.82) is 0 Å². The Kier molecular flexibility index (Phi) is 5.28. The fourth-order valence-electron chi connectivity index (χ4n) is 4.03. The van der Waals surface area contributed by atoms with E-state index in [-0.39, 0.29) is 11.8 Å². The van der Waals surface area contributed by atoms with Gasteiger partial charge in [-0.15, -0.1) is 32.9 Å². The highest BCUT2D eigenvalue weighted by atomic mass is 32.1. The van der Waals surface area contributed by atoms with E-state index in [1.165, 1.54) is 23.4 Å². The average molecular weight is 426 g/mol. The normalized spacial score (nSPS) is 17.2. The minimum atomic E-state index is 0.0329. The summed E-state index contributed by atoms with van der Waals surface area (Å²) in [5.41, 5.74) is 2.10. The molecule has 0 aromatic carbocycles. The van der Waals surface area contributed by atoms with Crippen molar-refractivity contribution < 1.29 is 4.79 Å². The van der Waals surface area contributed by atoms with Crippen LogP contribution < -0.4 is 10.2 Å². The zero-order valence-corrected chi connectivity index (χ0v) is 17.8. The first kappa shape index (κ1) is 18.7. The Morgan fingerprint density at radius 3 is 2.69 bits per heavy atom. The molecule has 0 radical (unpaired) electrons. The van der Waals surface area contributed by atoms with E-state index in [9.17, 15) is 4.79 Å². The number of hydrogen-bond donors (Lipinski definition) is 1. The Morgan fingerprint density at radius 1 is 1.10 bits per heavy atom. The van der Waals surface area contributed by atoms with Crippen molar-refractivity contribution in [1.82, 2.24) is 15.2 Å². The molecule has 0 saturated carbocycles.